The molecular weight excluding hydrogens is 223 g/mol. The predicted octanol–water partition coefficient (Wildman–Crippen LogP) is 1.71. The Kier molecular flexibility index (Phi) is 3.77. The van der Waals surface area contributed by atoms with E-state index in [1.54, 1.807) is 0 Å². The van der Waals surface area contributed by atoms with E-state index >= 15 is 0 Å². The molecule has 0 heterocycles. The summed E-state index contributed by atoms with van der Waals surface area (Å²) in [5.74, 6) is -0.246. The van der Waals surface area contributed by atoms with Gasteiger partial charge in [0.1, 0.15) is 11.8 Å². The van der Waals surface area contributed by atoms with Gasteiger partial charge in [-0.3, -0.25) is 0 Å². The predicted molar refractivity (Wildman–Crippen MR) is 51.7 cm³/mol. The molecule has 3 nitrogen and oxygen atoms in total. The van der Waals surface area contributed by atoms with Crippen LogP contribution in [-0.2, 0) is 0 Å². The van der Waals surface area contributed by atoms with Crippen LogP contribution in [0.25, 0.3) is 0 Å². The minimum atomic E-state index is -4.55. The van der Waals surface area contributed by atoms with Gasteiger partial charge in [-0.05, 0) is 6.07 Å². The van der Waals surface area contributed by atoms with Crippen LogP contribution < -0.4 is 5.73 Å². The summed E-state index contributed by atoms with van der Waals surface area (Å²) < 4.78 is 36.4. The number of rotatable bonds is 3. The number of alkyl halides is 3. The third kappa shape index (κ3) is 3.11. The van der Waals surface area contributed by atoms with Crippen molar-refractivity contribution in [3.05, 3.63) is 29.8 Å². The molecule has 1 aromatic carbocycles. The van der Waals surface area contributed by atoms with E-state index < -0.39 is 24.7 Å². The molecule has 0 aliphatic rings. The summed E-state index contributed by atoms with van der Waals surface area (Å²) in [6.07, 6.45) is -6.66. The zero-order chi connectivity index (χ0) is 12.3. The number of halogens is 3. The Morgan fingerprint density at radius 2 is 1.81 bits per heavy atom. The number of para-hydroxylation sites is 1. The first-order chi connectivity index (χ1) is 7.32. The SMILES string of the molecule is N[C@H](C[C@@H](O)c1ccccc1O)C(F)(F)F. The number of aromatic hydroxyl groups is 1. The van der Waals surface area contributed by atoms with Crippen LogP contribution in [0.5, 0.6) is 5.75 Å². The summed E-state index contributed by atoms with van der Waals surface area (Å²) in [5, 5.41) is 18.8. The van der Waals surface area contributed by atoms with Crippen LogP contribution >= 0.6 is 0 Å². The molecule has 0 fully saturated rings. The van der Waals surface area contributed by atoms with E-state index in [1.165, 1.54) is 24.3 Å². The number of aliphatic hydroxyl groups is 1. The van der Waals surface area contributed by atoms with Gasteiger partial charge in [0, 0.05) is 12.0 Å². The lowest BCUT2D eigenvalue weighted by Crippen LogP contribution is -2.38. The summed E-state index contributed by atoms with van der Waals surface area (Å²) >= 11 is 0. The van der Waals surface area contributed by atoms with Gasteiger partial charge < -0.3 is 15.9 Å². The molecule has 1 aromatic rings. The monoisotopic (exact) mass is 235 g/mol. The molecule has 6 heteroatoms. The van der Waals surface area contributed by atoms with E-state index in [4.69, 9.17) is 5.73 Å². The lowest BCUT2D eigenvalue weighted by Gasteiger charge is -2.19. The lowest BCUT2D eigenvalue weighted by molar-refractivity contribution is -0.153. The first kappa shape index (κ1) is 12.8. The Bertz CT molecular complexity index is 354. The highest BCUT2D eigenvalue weighted by molar-refractivity contribution is 5.33. The molecule has 2 atom stereocenters. The minimum absolute atomic E-state index is 0.0437. The van der Waals surface area contributed by atoms with Crippen molar-refractivity contribution in [3.63, 3.8) is 0 Å². The molecule has 0 saturated heterocycles. The standard InChI is InChI=1S/C10H12F3NO2/c11-10(12,13)9(14)5-8(16)6-3-1-2-4-7(6)15/h1-4,8-9,15-16H,5,14H2/t8-,9-/m1/s1. The topological polar surface area (TPSA) is 66.5 Å². The molecular formula is C10H12F3NO2. The number of benzene rings is 1. The van der Waals surface area contributed by atoms with Gasteiger partial charge in [0.25, 0.3) is 0 Å². The Labute approximate surface area is 90.3 Å². The maximum atomic E-state index is 12.1. The fraction of sp³-hybridized carbons (Fsp3) is 0.400. The van der Waals surface area contributed by atoms with Crippen LogP contribution in [0.3, 0.4) is 0 Å². The number of hydrogen-bond donors (Lipinski definition) is 3. The van der Waals surface area contributed by atoms with Crippen molar-refractivity contribution < 1.29 is 23.4 Å². The Morgan fingerprint density at radius 1 is 1.25 bits per heavy atom. The number of aliphatic hydroxyl groups excluding tert-OH is 1. The molecule has 0 spiro atoms. The smallest absolute Gasteiger partial charge is 0.403 e. The van der Waals surface area contributed by atoms with Crippen LogP contribution in [0, 0.1) is 0 Å². The molecule has 0 bridgehead atoms. The van der Waals surface area contributed by atoms with Gasteiger partial charge in [-0.25, -0.2) is 0 Å². The molecule has 0 aromatic heterocycles. The van der Waals surface area contributed by atoms with Crippen molar-refractivity contribution in [2.75, 3.05) is 0 Å². The molecule has 0 saturated carbocycles. The highest BCUT2D eigenvalue weighted by Crippen LogP contribution is 2.30. The van der Waals surface area contributed by atoms with Gasteiger partial charge >= 0.3 is 6.18 Å². The van der Waals surface area contributed by atoms with Crippen LogP contribution in [0.2, 0.25) is 0 Å². The molecule has 0 radical (unpaired) electrons. The average molecular weight is 235 g/mol. The number of nitrogens with two attached hydrogens (primary N) is 1. The lowest BCUT2D eigenvalue weighted by atomic mass is 10.0. The van der Waals surface area contributed by atoms with E-state index in [0.717, 1.165) is 0 Å². The van der Waals surface area contributed by atoms with E-state index in [9.17, 15) is 23.4 Å². The van der Waals surface area contributed by atoms with Gasteiger partial charge in [-0.15, -0.1) is 0 Å². The van der Waals surface area contributed by atoms with E-state index in [-0.39, 0.29) is 11.3 Å². The minimum Gasteiger partial charge on any atom is -0.508 e. The summed E-state index contributed by atoms with van der Waals surface area (Å²) in [6, 6.07) is 3.55. The summed E-state index contributed by atoms with van der Waals surface area (Å²) in [7, 11) is 0. The van der Waals surface area contributed by atoms with Crippen molar-refractivity contribution in [3.8, 4) is 5.75 Å². The first-order valence-corrected chi connectivity index (χ1v) is 4.60. The summed E-state index contributed by atoms with van der Waals surface area (Å²) in [4.78, 5) is 0. The molecule has 0 aliphatic heterocycles. The second-order valence-corrected chi connectivity index (χ2v) is 3.46. The molecule has 90 valence electrons. The number of phenols is 1. The van der Waals surface area contributed by atoms with Gasteiger partial charge in [-0.2, -0.15) is 13.2 Å². The normalized spacial score (nSPS) is 15.8. The van der Waals surface area contributed by atoms with E-state index in [1.807, 2.05) is 0 Å². The van der Waals surface area contributed by atoms with Crippen LogP contribution in [0.4, 0.5) is 13.2 Å². The maximum Gasteiger partial charge on any atom is 0.403 e. The molecule has 4 N–H and O–H groups in total. The molecule has 16 heavy (non-hydrogen) atoms. The zero-order valence-electron chi connectivity index (χ0n) is 8.28. The van der Waals surface area contributed by atoms with Crippen molar-refractivity contribution in [2.45, 2.75) is 24.7 Å². The highest BCUT2D eigenvalue weighted by Gasteiger charge is 2.38. The molecule has 1 rings (SSSR count). The largest absolute Gasteiger partial charge is 0.508 e. The van der Waals surface area contributed by atoms with Crippen LogP contribution in [-0.4, -0.2) is 22.4 Å². The van der Waals surface area contributed by atoms with Gasteiger partial charge in [-0.1, -0.05) is 18.2 Å². The summed E-state index contributed by atoms with van der Waals surface area (Å²) in [6.45, 7) is 0. The van der Waals surface area contributed by atoms with Crippen LogP contribution in [0.1, 0.15) is 18.1 Å². The van der Waals surface area contributed by atoms with Crippen LogP contribution in [0.15, 0.2) is 24.3 Å². The van der Waals surface area contributed by atoms with Crippen molar-refractivity contribution in [1.29, 1.82) is 0 Å². The molecule has 0 amide bonds. The Morgan fingerprint density at radius 3 is 2.31 bits per heavy atom. The maximum absolute atomic E-state index is 12.1. The third-order valence-electron chi connectivity index (χ3n) is 2.19. The first-order valence-electron chi connectivity index (χ1n) is 4.60. The van der Waals surface area contributed by atoms with E-state index in [2.05, 4.69) is 0 Å². The van der Waals surface area contributed by atoms with Gasteiger partial charge in [0.2, 0.25) is 0 Å². The van der Waals surface area contributed by atoms with Crippen molar-refractivity contribution in [1.82, 2.24) is 0 Å². The molecule has 0 unspecified atom stereocenters. The van der Waals surface area contributed by atoms with Gasteiger partial charge in [0.05, 0.1) is 6.10 Å². The second kappa shape index (κ2) is 4.71. The zero-order valence-corrected chi connectivity index (χ0v) is 8.28. The molecule has 0 aliphatic carbocycles. The number of phenolic OH excluding ortho intramolecular Hbond substituents is 1. The van der Waals surface area contributed by atoms with Crippen molar-refractivity contribution >= 4 is 0 Å². The Balaban J connectivity index is 2.73. The van der Waals surface area contributed by atoms with Gasteiger partial charge in [0.15, 0.2) is 0 Å². The summed E-state index contributed by atoms with van der Waals surface area (Å²) in [5.41, 5.74) is 4.92. The Hall–Kier alpha value is -1.27. The van der Waals surface area contributed by atoms with Crippen molar-refractivity contribution in [2.24, 2.45) is 5.73 Å². The fourth-order valence-corrected chi connectivity index (χ4v) is 1.27. The fourth-order valence-electron chi connectivity index (χ4n) is 1.27. The average Bonchev–Trinajstić information content (AvgIpc) is 2.16. The highest BCUT2D eigenvalue weighted by atomic mass is 19.4. The quantitative estimate of drug-likeness (QED) is 0.747. The second-order valence-electron chi connectivity index (χ2n) is 3.46. The number of hydrogen-bond acceptors (Lipinski definition) is 3. The van der Waals surface area contributed by atoms with E-state index in [0.29, 0.717) is 0 Å². The third-order valence-corrected chi connectivity index (χ3v) is 2.19.